The summed E-state index contributed by atoms with van der Waals surface area (Å²) in [6.45, 7) is 5.15. The summed E-state index contributed by atoms with van der Waals surface area (Å²) in [4.78, 5) is 44.1. The van der Waals surface area contributed by atoms with Gasteiger partial charge in [0, 0.05) is 45.5 Å². The largest absolute Gasteiger partial charge is 0.378 e. The van der Waals surface area contributed by atoms with E-state index in [-0.39, 0.29) is 17.7 Å². The standard InChI is InChI=1S/C26H30N4O3/c1-17-12-14-29(15-13-17)24-23(19-8-10-20(11-9-19)27-18(2)31)25(32)30(26(24)33)22-7-5-6-21(16-22)28(3)4/h5-11,16-17H,12-15H2,1-4H3,(H,27,31). The molecule has 2 aromatic rings. The van der Waals surface area contributed by atoms with Crippen molar-refractivity contribution in [1.29, 1.82) is 0 Å². The number of piperidine rings is 1. The number of carbonyl (C=O) groups is 3. The minimum atomic E-state index is -0.322. The van der Waals surface area contributed by atoms with E-state index in [1.165, 1.54) is 11.8 Å². The van der Waals surface area contributed by atoms with Gasteiger partial charge in [0.25, 0.3) is 11.8 Å². The molecule has 7 heteroatoms. The lowest BCUT2D eigenvalue weighted by molar-refractivity contribution is -0.121. The van der Waals surface area contributed by atoms with Gasteiger partial charge in [0.15, 0.2) is 0 Å². The Hall–Kier alpha value is -3.61. The topological polar surface area (TPSA) is 73.0 Å². The third-order valence-electron chi connectivity index (χ3n) is 6.26. The van der Waals surface area contributed by atoms with E-state index >= 15 is 0 Å². The van der Waals surface area contributed by atoms with Crippen LogP contribution in [0.1, 0.15) is 32.3 Å². The summed E-state index contributed by atoms with van der Waals surface area (Å²) in [6.07, 6.45) is 1.96. The zero-order chi connectivity index (χ0) is 23.7. The maximum Gasteiger partial charge on any atom is 0.282 e. The monoisotopic (exact) mass is 446 g/mol. The fourth-order valence-corrected chi connectivity index (χ4v) is 4.37. The molecular formula is C26H30N4O3. The van der Waals surface area contributed by atoms with Crippen LogP contribution in [0.5, 0.6) is 0 Å². The summed E-state index contributed by atoms with van der Waals surface area (Å²) in [6, 6.07) is 14.5. The van der Waals surface area contributed by atoms with Crippen molar-refractivity contribution in [2.45, 2.75) is 26.7 Å². The molecule has 0 radical (unpaired) electrons. The molecule has 1 N–H and O–H groups in total. The number of nitrogens with one attached hydrogen (secondary N) is 1. The van der Waals surface area contributed by atoms with Crippen LogP contribution in [0.3, 0.4) is 0 Å². The summed E-state index contributed by atoms with van der Waals surface area (Å²) >= 11 is 0. The van der Waals surface area contributed by atoms with Crippen molar-refractivity contribution in [3.8, 4) is 0 Å². The number of carbonyl (C=O) groups excluding carboxylic acids is 3. The predicted molar refractivity (Wildman–Crippen MR) is 131 cm³/mol. The highest BCUT2D eigenvalue weighted by atomic mass is 16.2. The smallest absolute Gasteiger partial charge is 0.282 e. The van der Waals surface area contributed by atoms with Crippen LogP contribution in [0.15, 0.2) is 54.2 Å². The summed E-state index contributed by atoms with van der Waals surface area (Å²) < 4.78 is 0. The van der Waals surface area contributed by atoms with Crippen molar-refractivity contribution >= 4 is 40.4 Å². The molecule has 0 atom stereocenters. The minimum Gasteiger partial charge on any atom is -0.378 e. The molecule has 0 unspecified atom stereocenters. The number of amides is 3. The first-order chi connectivity index (χ1) is 15.8. The molecule has 0 aliphatic carbocycles. The molecule has 172 valence electrons. The maximum atomic E-state index is 13.7. The average molecular weight is 447 g/mol. The molecule has 2 aliphatic rings. The summed E-state index contributed by atoms with van der Waals surface area (Å²) in [5.41, 5.74) is 3.67. The van der Waals surface area contributed by atoms with Gasteiger partial charge in [0.2, 0.25) is 5.91 Å². The van der Waals surface area contributed by atoms with Crippen LogP contribution >= 0.6 is 0 Å². The van der Waals surface area contributed by atoms with Crippen LogP contribution in [0.4, 0.5) is 17.1 Å². The second-order valence-corrected chi connectivity index (χ2v) is 9.01. The molecule has 0 aromatic heterocycles. The van der Waals surface area contributed by atoms with E-state index < -0.39 is 0 Å². The second-order valence-electron chi connectivity index (χ2n) is 9.01. The van der Waals surface area contributed by atoms with E-state index in [0.717, 1.165) is 31.6 Å². The molecular weight excluding hydrogens is 416 g/mol. The lowest BCUT2D eigenvalue weighted by Gasteiger charge is -2.32. The van der Waals surface area contributed by atoms with Crippen LogP contribution in [0.2, 0.25) is 0 Å². The number of imide groups is 1. The number of nitrogens with zero attached hydrogens (tertiary/aromatic N) is 3. The zero-order valence-corrected chi connectivity index (χ0v) is 19.6. The van der Waals surface area contributed by atoms with Gasteiger partial charge in [-0.15, -0.1) is 0 Å². The highest BCUT2D eigenvalue weighted by Gasteiger charge is 2.43. The van der Waals surface area contributed by atoms with E-state index in [1.807, 2.05) is 37.2 Å². The molecule has 2 aromatic carbocycles. The predicted octanol–water partition coefficient (Wildman–Crippen LogP) is 3.73. The fraction of sp³-hybridized carbons (Fsp3) is 0.346. The SMILES string of the molecule is CC(=O)Nc1ccc(C2=C(N3CCC(C)CC3)C(=O)N(c3cccc(N(C)C)c3)C2=O)cc1. The summed E-state index contributed by atoms with van der Waals surface area (Å²) in [7, 11) is 3.85. The highest BCUT2D eigenvalue weighted by Crippen LogP contribution is 2.37. The number of benzene rings is 2. The van der Waals surface area contributed by atoms with Gasteiger partial charge in [-0.1, -0.05) is 25.1 Å². The Balaban J connectivity index is 1.77. The summed E-state index contributed by atoms with van der Waals surface area (Å²) in [5, 5.41) is 2.74. The molecule has 0 spiro atoms. The number of likely N-dealkylation sites (tertiary alicyclic amines) is 1. The number of rotatable bonds is 5. The zero-order valence-electron chi connectivity index (χ0n) is 19.6. The van der Waals surface area contributed by atoms with Crippen LogP contribution in [0.25, 0.3) is 5.57 Å². The van der Waals surface area contributed by atoms with Crippen LogP contribution in [-0.2, 0) is 14.4 Å². The molecule has 0 saturated carbocycles. The van der Waals surface area contributed by atoms with Gasteiger partial charge in [0.05, 0.1) is 11.3 Å². The first-order valence-corrected chi connectivity index (χ1v) is 11.3. The molecule has 33 heavy (non-hydrogen) atoms. The summed E-state index contributed by atoms with van der Waals surface area (Å²) in [5.74, 6) is -0.172. The molecule has 0 bridgehead atoms. The van der Waals surface area contributed by atoms with Crippen molar-refractivity contribution in [2.75, 3.05) is 42.3 Å². The fourth-order valence-electron chi connectivity index (χ4n) is 4.37. The van der Waals surface area contributed by atoms with Crippen molar-refractivity contribution in [2.24, 2.45) is 5.92 Å². The molecule has 3 amide bonds. The van der Waals surface area contributed by atoms with Gasteiger partial charge >= 0.3 is 0 Å². The Morgan fingerprint density at radius 3 is 2.27 bits per heavy atom. The van der Waals surface area contributed by atoms with E-state index in [0.29, 0.717) is 34.1 Å². The van der Waals surface area contributed by atoms with Gasteiger partial charge in [-0.05, 0) is 54.7 Å². The van der Waals surface area contributed by atoms with Crippen molar-refractivity contribution in [3.05, 3.63) is 59.8 Å². The Bertz CT molecular complexity index is 1110. The van der Waals surface area contributed by atoms with Gasteiger partial charge < -0.3 is 15.1 Å². The van der Waals surface area contributed by atoms with Gasteiger partial charge in [-0.3, -0.25) is 14.4 Å². The van der Waals surface area contributed by atoms with Crippen LogP contribution in [0, 0.1) is 5.92 Å². The van der Waals surface area contributed by atoms with Gasteiger partial charge in [-0.2, -0.15) is 0 Å². The molecule has 1 saturated heterocycles. The van der Waals surface area contributed by atoms with Crippen LogP contribution < -0.4 is 15.1 Å². The van der Waals surface area contributed by atoms with Crippen molar-refractivity contribution < 1.29 is 14.4 Å². The van der Waals surface area contributed by atoms with Gasteiger partial charge in [-0.25, -0.2) is 4.90 Å². The maximum absolute atomic E-state index is 13.7. The highest BCUT2D eigenvalue weighted by molar-refractivity contribution is 6.45. The van der Waals surface area contributed by atoms with E-state index in [9.17, 15) is 14.4 Å². The molecule has 2 aliphatic heterocycles. The third kappa shape index (κ3) is 4.49. The quantitative estimate of drug-likeness (QED) is 0.709. The van der Waals surface area contributed by atoms with E-state index in [2.05, 4.69) is 17.1 Å². The van der Waals surface area contributed by atoms with E-state index in [4.69, 9.17) is 0 Å². The first-order valence-electron chi connectivity index (χ1n) is 11.3. The first kappa shape index (κ1) is 22.6. The van der Waals surface area contributed by atoms with Gasteiger partial charge in [0.1, 0.15) is 5.70 Å². The van der Waals surface area contributed by atoms with Crippen molar-refractivity contribution in [3.63, 3.8) is 0 Å². The van der Waals surface area contributed by atoms with Crippen LogP contribution in [-0.4, -0.2) is 49.8 Å². The Kier molecular flexibility index (Phi) is 6.22. The Labute approximate surface area is 194 Å². The second kappa shape index (κ2) is 9.10. The lowest BCUT2D eigenvalue weighted by Crippen LogP contribution is -2.38. The average Bonchev–Trinajstić information content (AvgIpc) is 3.04. The minimum absolute atomic E-state index is 0.163. The molecule has 1 fully saturated rings. The van der Waals surface area contributed by atoms with E-state index in [1.54, 1.807) is 30.3 Å². The number of hydrogen-bond acceptors (Lipinski definition) is 5. The third-order valence-corrected chi connectivity index (χ3v) is 6.26. The van der Waals surface area contributed by atoms with Crippen molar-refractivity contribution in [1.82, 2.24) is 4.90 Å². The number of hydrogen-bond donors (Lipinski definition) is 1. The Morgan fingerprint density at radius 2 is 1.67 bits per heavy atom. The lowest BCUT2D eigenvalue weighted by atomic mass is 9.97. The molecule has 4 rings (SSSR count). The molecule has 7 nitrogen and oxygen atoms in total. The molecule has 2 heterocycles. The Morgan fingerprint density at radius 1 is 1.00 bits per heavy atom. The number of anilines is 3. The normalized spacial score (nSPS) is 17.1.